The van der Waals surface area contributed by atoms with E-state index in [2.05, 4.69) is 34.9 Å². The highest BCUT2D eigenvalue weighted by atomic mass is 79.9. The lowest BCUT2D eigenvalue weighted by atomic mass is 9.86. The summed E-state index contributed by atoms with van der Waals surface area (Å²) in [6, 6.07) is -0.235. The van der Waals surface area contributed by atoms with Crippen LogP contribution in [0.4, 0.5) is 0 Å². The van der Waals surface area contributed by atoms with Crippen molar-refractivity contribution in [3.63, 3.8) is 0 Å². The third-order valence-corrected chi connectivity index (χ3v) is 4.42. The lowest BCUT2D eigenvalue weighted by Gasteiger charge is -2.36. The minimum atomic E-state index is -0.368. The number of rotatable bonds is 8. The molecule has 0 bridgehead atoms. The van der Waals surface area contributed by atoms with E-state index in [1.165, 1.54) is 0 Å². The summed E-state index contributed by atoms with van der Waals surface area (Å²) in [6.45, 7) is 5.47. The molecule has 1 rings (SSSR count). The largest absolute Gasteiger partial charge is 0.383 e. The summed E-state index contributed by atoms with van der Waals surface area (Å²) >= 11 is 3.53. The molecule has 0 aliphatic carbocycles. The standard InChI is InChI=1S/C13H24BrN3O2/c1-5-13(6-2,19-4)12(15)11-10(14)9-16-17(11)7-8-18-3/h9,12H,5-8,15H2,1-4H3. The first-order valence-electron chi connectivity index (χ1n) is 6.57. The predicted molar refractivity (Wildman–Crippen MR) is 79.1 cm³/mol. The van der Waals surface area contributed by atoms with Gasteiger partial charge in [-0.3, -0.25) is 4.68 Å². The van der Waals surface area contributed by atoms with Crippen LogP contribution in [0.2, 0.25) is 0 Å². The molecule has 0 aromatic carbocycles. The van der Waals surface area contributed by atoms with Crippen LogP contribution >= 0.6 is 15.9 Å². The third kappa shape index (κ3) is 3.37. The first-order valence-corrected chi connectivity index (χ1v) is 7.36. The number of nitrogens with zero attached hydrogens (tertiary/aromatic N) is 2. The molecule has 2 N–H and O–H groups in total. The van der Waals surface area contributed by atoms with Gasteiger partial charge in [0.2, 0.25) is 0 Å². The van der Waals surface area contributed by atoms with Crippen LogP contribution in [0, 0.1) is 0 Å². The average Bonchev–Trinajstić information content (AvgIpc) is 2.79. The number of halogens is 1. The minimum absolute atomic E-state index is 0.235. The molecular weight excluding hydrogens is 310 g/mol. The molecule has 1 unspecified atom stereocenters. The summed E-state index contributed by atoms with van der Waals surface area (Å²) in [4.78, 5) is 0. The molecule has 1 aromatic rings. The van der Waals surface area contributed by atoms with E-state index in [4.69, 9.17) is 15.2 Å². The van der Waals surface area contributed by atoms with Crippen molar-refractivity contribution in [3.05, 3.63) is 16.4 Å². The normalized spacial score (nSPS) is 13.8. The number of aromatic nitrogens is 2. The summed E-state index contributed by atoms with van der Waals surface area (Å²) in [5, 5.41) is 4.34. The fraction of sp³-hybridized carbons (Fsp3) is 0.769. The van der Waals surface area contributed by atoms with Crippen molar-refractivity contribution in [2.24, 2.45) is 5.73 Å². The molecule has 110 valence electrons. The van der Waals surface area contributed by atoms with Crippen molar-refractivity contribution in [3.8, 4) is 0 Å². The first kappa shape index (κ1) is 16.6. The highest BCUT2D eigenvalue weighted by Crippen LogP contribution is 2.36. The van der Waals surface area contributed by atoms with Crippen molar-refractivity contribution in [1.29, 1.82) is 0 Å². The van der Waals surface area contributed by atoms with Gasteiger partial charge in [0.05, 0.1) is 41.2 Å². The smallest absolute Gasteiger partial charge is 0.0880 e. The van der Waals surface area contributed by atoms with Gasteiger partial charge in [0.15, 0.2) is 0 Å². The molecule has 6 heteroatoms. The lowest BCUT2D eigenvalue weighted by Crippen LogP contribution is -2.43. The topological polar surface area (TPSA) is 62.3 Å². The molecule has 5 nitrogen and oxygen atoms in total. The van der Waals surface area contributed by atoms with Gasteiger partial charge < -0.3 is 15.2 Å². The summed E-state index contributed by atoms with van der Waals surface area (Å²) in [7, 11) is 3.40. The fourth-order valence-electron chi connectivity index (χ4n) is 2.39. The summed E-state index contributed by atoms with van der Waals surface area (Å²) < 4.78 is 13.6. The second-order valence-electron chi connectivity index (χ2n) is 4.55. The SMILES string of the molecule is CCC(CC)(OC)C(N)c1c(Br)cnn1CCOC. The van der Waals surface area contributed by atoms with E-state index in [1.54, 1.807) is 20.4 Å². The zero-order valence-corrected chi connectivity index (χ0v) is 13.7. The van der Waals surface area contributed by atoms with E-state index in [9.17, 15) is 0 Å². The number of nitrogens with two attached hydrogens (primary N) is 1. The molecule has 1 atom stereocenters. The quantitative estimate of drug-likeness (QED) is 0.793. The highest BCUT2D eigenvalue weighted by molar-refractivity contribution is 9.10. The molecule has 0 spiro atoms. The van der Waals surface area contributed by atoms with Crippen LogP contribution in [-0.2, 0) is 16.0 Å². The van der Waals surface area contributed by atoms with Crippen molar-refractivity contribution in [2.45, 2.75) is 44.9 Å². The van der Waals surface area contributed by atoms with E-state index in [-0.39, 0.29) is 11.6 Å². The number of hydrogen-bond acceptors (Lipinski definition) is 4. The Labute approximate surface area is 123 Å². The Hall–Kier alpha value is -0.430. The van der Waals surface area contributed by atoms with Crippen LogP contribution in [0.1, 0.15) is 38.4 Å². The molecule has 19 heavy (non-hydrogen) atoms. The van der Waals surface area contributed by atoms with E-state index in [0.29, 0.717) is 13.2 Å². The van der Waals surface area contributed by atoms with Gasteiger partial charge in [0.25, 0.3) is 0 Å². The van der Waals surface area contributed by atoms with Gasteiger partial charge in [0, 0.05) is 14.2 Å². The molecule has 0 amide bonds. The summed E-state index contributed by atoms with van der Waals surface area (Å²) in [5.74, 6) is 0. The zero-order chi connectivity index (χ0) is 14.5. The Bertz CT molecular complexity index is 383. The third-order valence-electron chi connectivity index (χ3n) is 3.81. The van der Waals surface area contributed by atoms with Gasteiger partial charge in [-0.15, -0.1) is 0 Å². The van der Waals surface area contributed by atoms with Crippen molar-refractivity contribution >= 4 is 15.9 Å². The molecular formula is C13H24BrN3O2. The van der Waals surface area contributed by atoms with Crippen LogP contribution in [-0.4, -0.2) is 36.2 Å². The maximum atomic E-state index is 6.47. The summed E-state index contributed by atoms with van der Waals surface area (Å²) in [6.07, 6.45) is 3.47. The number of hydrogen-bond donors (Lipinski definition) is 1. The molecule has 0 radical (unpaired) electrons. The lowest BCUT2D eigenvalue weighted by molar-refractivity contribution is -0.0408. The van der Waals surface area contributed by atoms with Gasteiger partial charge in [-0.1, -0.05) is 13.8 Å². The van der Waals surface area contributed by atoms with Crippen molar-refractivity contribution in [1.82, 2.24) is 9.78 Å². The molecule has 0 saturated carbocycles. The average molecular weight is 334 g/mol. The Morgan fingerprint density at radius 1 is 1.42 bits per heavy atom. The Balaban J connectivity index is 3.09. The van der Waals surface area contributed by atoms with Gasteiger partial charge >= 0.3 is 0 Å². The minimum Gasteiger partial charge on any atom is -0.383 e. The Morgan fingerprint density at radius 3 is 2.53 bits per heavy atom. The molecule has 0 saturated heterocycles. The van der Waals surface area contributed by atoms with E-state index in [0.717, 1.165) is 23.0 Å². The van der Waals surface area contributed by atoms with Crippen LogP contribution in [0.5, 0.6) is 0 Å². The molecule has 0 fully saturated rings. The molecule has 1 aromatic heterocycles. The van der Waals surface area contributed by atoms with E-state index < -0.39 is 0 Å². The highest BCUT2D eigenvalue weighted by Gasteiger charge is 2.37. The zero-order valence-electron chi connectivity index (χ0n) is 12.1. The molecule has 0 aliphatic heterocycles. The Morgan fingerprint density at radius 2 is 2.05 bits per heavy atom. The predicted octanol–water partition coefficient (Wildman–Crippen LogP) is 2.50. The van der Waals surface area contributed by atoms with E-state index in [1.807, 2.05) is 4.68 Å². The van der Waals surface area contributed by atoms with Crippen LogP contribution in [0.25, 0.3) is 0 Å². The van der Waals surface area contributed by atoms with Crippen LogP contribution < -0.4 is 5.73 Å². The van der Waals surface area contributed by atoms with Gasteiger partial charge in [-0.05, 0) is 28.8 Å². The monoisotopic (exact) mass is 333 g/mol. The maximum Gasteiger partial charge on any atom is 0.0880 e. The van der Waals surface area contributed by atoms with Gasteiger partial charge in [-0.2, -0.15) is 5.10 Å². The maximum absolute atomic E-state index is 6.47. The summed E-state index contributed by atoms with van der Waals surface area (Å²) in [5.41, 5.74) is 7.06. The van der Waals surface area contributed by atoms with Gasteiger partial charge in [-0.25, -0.2) is 0 Å². The van der Waals surface area contributed by atoms with Gasteiger partial charge in [0.1, 0.15) is 0 Å². The van der Waals surface area contributed by atoms with E-state index >= 15 is 0 Å². The number of ether oxygens (including phenoxy) is 2. The molecule has 0 aliphatic rings. The van der Waals surface area contributed by atoms with Crippen LogP contribution in [0.15, 0.2) is 10.7 Å². The molecule has 1 heterocycles. The van der Waals surface area contributed by atoms with Crippen molar-refractivity contribution in [2.75, 3.05) is 20.8 Å². The van der Waals surface area contributed by atoms with Crippen LogP contribution in [0.3, 0.4) is 0 Å². The number of methoxy groups -OCH3 is 2. The first-order chi connectivity index (χ1) is 9.06. The van der Waals surface area contributed by atoms with Crippen molar-refractivity contribution < 1.29 is 9.47 Å². The fourth-order valence-corrected chi connectivity index (χ4v) is 2.93. The second-order valence-corrected chi connectivity index (χ2v) is 5.40. The Kier molecular flexibility index (Phi) is 6.46. The second kappa shape index (κ2) is 7.38.